The van der Waals surface area contributed by atoms with Crippen molar-refractivity contribution < 1.29 is 0 Å². The van der Waals surface area contributed by atoms with Crippen LogP contribution in [0.3, 0.4) is 0 Å². The summed E-state index contributed by atoms with van der Waals surface area (Å²) in [4.78, 5) is 8.83. The van der Waals surface area contributed by atoms with E-state index < -0.39 is 0 Å². The second-order valence-corrected chi connectivity index (χ2v) is 5.62. The summed E-state index contributed by atoms with van der Waals surface area (Å²) in [6, 6.07) is 8.18. The number of aryl methyl sites for hydroxylation is 1. The van der Waals surface area contributed by atoms with Crippen LogP contribution in [0.2, 0.25) is 0 Å². The molecule has 0 saturated carbocycles. The minimum absolute atomic E-state index is 0.971. The van der Waals surface area contributed by atoms with Crippen molar-refractivity contribution in [2.75, 3.05) is 0 Å². The zero-order valence-electron chi connectivity index (χ0n) is 8.62. The van der Waals surface area contributed by atoms with Crippen LogP contribution in [0.25, 0.3) is 10.2 Å². The maximum Gasteiger partial charge on any atom is 0.174 e. The highest BCUT2D eigenvalue weighted by Crippen LogP contribution is 2.32. The van der Waals surface area contributed by atoms with Crippen LogP contribution in [0.15, 0.2) is 46.2 Å². The topological polar surface area (TPSA) is 30.7 Å². The van der Waals surface area contributed by atoms with E-state index in [0.717, 1.165) is 15.0 Å². The molecule has 3 nitrogen and oxygen atoms in total. The zero-order valence-corrected chi connectivity index (χ0v) is 10.3. The zero-order chi connectivity index (χ0) is 11.0. The van der Waals surface area contributed by atoms with Crippen molar-refractivity contribution in [1.29, 1.82) is 0 Å². The first kappa shape index (κ1) is 9.86. The predicted octanol–water partition coefficient (Wildman–Crippen LogP) is 3.18. The maximum atomic E-state index is 4.56. The van der Waals surface area contributed by atoms with Crippen LogP contribution in [0.5, 0.6) is 0 Å². The Morgan fingerprint density at radius 1 is 1.31 bits per heavy atom. The van der Waals surface area contributed by atoms with Gasteiger partial charge in [0.05, 0.1) is 10.2 Å². The Hall–Kier alpha value is -1.33. The molecule has 0 spiro atoms. The molecular formula is C11H9N3S2. The van der Waals surface area contributed by atoms with Crippen LogP contribution < -0.4 is 0 Å². The van der Waals surface area contributed by atoms with Gasteiger partial charge in [0.25, 0.3) is 0 Å². The molecule has 2 aromatic heterocycles. The molecule has 5 heteroatoms. The van der Waals surface area contributed by atoms with Gasteiger partial charge in [0.1, 0.15) is 0 Å². The highest BCUT2D eigenvalue weighted by molar-refractivity contribution is 8.01. The van der Waals surface area contributed by atoms with Gasteiger partial charge < -0.3 is 4.57 Å². The second-order valence-electron chi connectivity index (χ2n) is 3.37. The molecule has 1 aromatic carbocycles. The average molecular weight is 247 g/mol. The fraction of sp³-hybridized carbons (Fsp3) is 0.0909. The Balaban J connectivity index is 1.98. The van der Waals surface area contributed by atoms with Crippen molar-refractivity contribution in [3.05, 3.63) is 36.7 Å². The van der Waals surface area contributed by atoms with Crippen molar-refractivity contribution in [3.63, 3.8) is 0 Å². The van der Waals surface area contributed by atoms with Gasteiger partial charge in [0.2, 0.25) is 0 Å². The quantitative estimate of drug-likeness (QED) is 0.697. The third-order valence-corrected chi connectivity index (χ3v) is 4.40. The molecule has 3 aromatic rings. The second kappa shape index (κ2) is 3.92. The van der Waals surface area contributed by atoms with Gasteiger partial charge in [-0.05, 0) is 23.9 Å². The Bertz CT molecular complexity index is 594. The third kappa shape index (κ3) is 1.72. The normalized spacial score (nSPS) is 11.1. The highest BCUT2D eigenvalue weighted by Gasteiger charge is 2.07. The predicted molar refractivity (Wildman–Crippen MR) is 67.0 cm³/mol. The van der Waals surface area contributed by atoms with Crippen LogP contribution in [-0.2, 0) is 7.05 Å². The standard InChI is InChI=1S/C11H9N3S2/c1-14-7-6-12-10(14)16-11-13-8-4-2-3-5-9(8)15-11/h2-7H,1H3. The lowest BCUT2D eigenvalue weighted by atomic mass is 10.3. The van der Waals surface area contributed by atoms with Crippen molar-refractivity contribution >= 4 is 33.3 Å². The summed E-state index contributed by atoms with van der Waals surface area (Å²) in [6.45, 7) is 0. The summed E-state index contributed by atoms with van der Waals surface area (Å²) in [5.41, 5.74) is 1.06. The molecule has 2 heterocycles. The summed E-state index contributed by atoms with van der Waals surface area (Å²) < 4.78 is 4.26. The summed E-state index contributed by atoms with van der Waals surface area (Å²) in [7, 11) is 1.99. The Morgan fingerprint density at radius 2 is 2.19 bits per heavy atom. The summed E-state index contributed by atoms with van der Waals surface area (Å²) in [6.07, 6.45) is 3.74. The average Bonchev–Trinajstić information content (AvgIpc) is 2.85. The molecule has 0 aliphatic rings. The minimum atomic E-state index is 0.971. The summed E-state index contributed by atoms with van der Waals surface area (Å²) in [5.74, 6) is 0. The van der Waals surface area contributed by atoms with Crippen molar-refractivity contribution in [2.24, 2.45) is 7.05 Å². The first-order chi connectivity index (χ1) is 7.83. The lowest BCUT2D eigenvalue weighted by Gasteiger charge is -1.95. The summed E-state index contributed by atoms with van der Waals surface area (Å²) in [5, 5.41) is 0.971. The van der Waals surface area contributed by atoms with Gasteiger partial charge in [0.15, 0.2) is 9.50 Å². The fourth-order valence-corrected chi connectivity index (χ4v) is 3.40. The van der Waals surface area contributed by atoms with Crippen LogP contribution in [0, 0.1) is 0 Å². The van der Waals surface area contributed by atoms with E-state index in [1.807, 2.05) is 36.0 Å². The molecule has 0 aliphatic carbocycles. The Kier molecular flexibility index (Phi) is 2.41. The Labute approximate surface area is 101 Å². The number of para-hydroxylation sites is 1. The molecular weight excluding hydrogens is 238 g/mol. The Morgan fingerprint density at radius 3 is 2.94 bits per heavy atom. The number of hydrogen-bond acceptors (Lipinski definition) is 4. The number of imidazole rings is 1. The SMILES string of the molecule is Cn1ccnc1Sc1nc2ccccc2s1. The van der Waals surface area contributed by atoms with Gasteiger partial charge in [-0.3, -0.25) is 0 Å². The largest absolute Gasteiger partial charge is 0.329 e. The lowest BCUT2D eigenvalue weighted by molar-refractivity contribution is 0.790. The van der Waals surface area contributed by atoms with E-state index in [1.54, 1.807) is 29.3 Å². The number of benzene rings is 1. The van der Waals surface area contributed by atoms with E-state index >= 15 is 0 Å². The number of rotatable bonds is 2. The smallest absolute Gasteiger partial charge is 0.174 e. The molecule has 3 rings (SSSR count). The monoisotopic (exact) mass is 247 g/mol. The molecule has 80 valence electrons. The minimum Gasteiger partial charge on any atom is -0.329 e. The van der Waals surface area contributed by atoms with E-state index in [4.69, 9.17) is 0 Å². The maximum absolute atomic E-state index is 4.56. The summed E-state index contributed by atoms with van der Waals surface area (Å²) >= 11 is 3.31. The number of hydrogen-bond donors (Lipinski definition) is 0. The van der Waals surface area contributed by atoms with Crippen LogP contribution in [0.4, 0.5) is 0 Å². The molecule has 0 bridgehead atoms. The van der Waals surface area contributed by atoms with Crippen LogP contribution >= 0.6 is 23.1 Å². The number of fused-ring (bicyclic) bond motifs is 1. The molecule has 0 N–H and O–H groups in total. The van der Waals surface area contributed by atoms with E-state index in [2.05, 4.69) is 16.0 Å². The molecule has 0 aliphatic heterocycles. The van der Waals surface area contributed by atoms with Crippen LogP contribution in [-0.4, -0.2) is 14.5 Å². The van der Waals surface area contributed by atoms with Crippen molar-refractivity contribution in [1.82, 2.24) is 14.5 Å². The first-order valence-electron chi connectivity index (χ1n) is 4.84. The molecule has 0 atom stereocenters. The van der Waals surface area contributed by atoms with Gasteiger partial charge in [-0.25, -0.2) is 9.97 Å². The van der Waals surface area contributed by atoms with E-state index in [1.165, 1.54) is 4.70 Å². The van der Waals surface area contributed by atoms with Gasteiger partial charge in [-0.1, -0.05) is 12.1 Å². The lowest BCUT2D eigenvalue weighted by Crippen LogP contribution is -1.87. The molecule has 16 heavy (non-hydrogen) atoms. The third-order valence-electron chi connectivity index (χ3n) is 2.23. The van der Waals surface area contributed by atoms with Gasteiger partial charge >= 0.3 is 0 Å². The van der Waals surface area contributed by atoms with Gasteiger partial charge in [-0.15, -0.1) is 11.3 Å². The van der Waals surface area contributed by atoms with Crippen LogP contribution in [0.1, 0.15) is 0 Å². The molecule has 0 radical (unpaired) electrons. The van der Waals surface area contributed by atoms with Crippen molar-refractivity contribution in [3.8, 4) is 0 Å². The molecule has 0 amide bonds. The number of aromatic nitrogens is 3. The molecule has 0 fully saturated rings. The first-order valence-corrected chi connectivity index (χ1v) is 6.47. The number of thiazole rings is 1. The van der Waals surface area contributed by atoms with E-state index in [9.17, 15) is 0 Å². The highest BCUT2D eigenvalue weighted by atomic mass is 32.2. The van der Waals surface area contributed by atoms with Crippen molar-refractivity contribution in [2.45, 2.75) is 9.50 Å². The van der Waals surface area contributed by atoms with E-state index in [0.29, 0.717) is 0 Å². The molecule has 0 unspecified atom stereocenters. The van der Waals surface area contributed by atoms with E-state index in [-0.39, 0.29) is 0 Å². The number of nitrogens with zero attached hydrogens (tertiary/aromatic N) is 3. The molecule has 0 saturated heterocycles. The van der Waals surface area contributed by atoms with Gasteiger partial charge in [0, 0.05) is 19.4 Å². The fourth-order valence-electron chi connectivity index (χ4n) is 1.42. The van der Waals surface area contributed by atoms with Gasteiger partial charge in [-0.2, -0.15) is 0 Å².